The van der Waals surface area contributed by atoms with E-state index in [9.17, 15) is 5.11 Å². The SMILES string of the molecule is C[C@@H](O)c1ccc2cccnc2c1. The van der Waals surface area contributed by atoms with E-state index in [0.29, 0.717) is 0 Å². The number of rotatable bonds is 1. The second-order valence-corrected chi connectivity index (χ2v) is 3.13. The number of pyridine rings is 1. The third-order valence-corrected chi connectivity index (χ3v) is 2.11. The average Bonchev–Trinajstić information content (AvgIpc) is 2.17. The molecule has 0 radical (unpaired) electrons. The van der Waals surface area contributed by atoms with Gasteiger partial charge < -0.3 is 5.11 Å². The van der Waals surface area contributed by atoms with Crippen LogP contribution >= 0.6 is 0 Å². The number of aromatic nitrogens is 1. The van der Waals surface area contributed by atoms with Gasteiger partial charge in [-0.15, -0.1) is 0 Å². The van der Waals surface area contributed by atoms with Gasteiger partial charge in [0.2, 0.25) is 0 Å². The summed E-state index contributed by atoms with van der Waals surface area (Å²) in [6.45, 7) is 1.75. The lowest BCUT2D eigenvalue weighted by atomic mass is 10.1. The van der Waals surface area contributed by atoms with Gasteiger partial charge in [-0.25, -0.2) is 0 Å². The highest BCUT2D eigenvalue weighted by Crippen LogP contribution is 2.17. The minimum atomic E-state index is -0.425. The second-order valence-electron chi connectivity index (χ2n) is 3.13. The Bertz CT molecular complexity index is 423. The molecule has 1 aromatic heterocycles. The maximum Gasteiger partial charge on any atom is 0.0762 e. The van der Waals surface area contributed by atoms with Gasteiger partial charge in [-0.1, -0.05) is 18.2 Å². The van der Waals surface area contributed by atoms with E-state index in [-0.39, 0.29) is 0 Å². The zero-order valence-corrected chi connectivity index (χ0v) is 7.44. The van der Waals surface area contributed by atoms with E-state index in [1.54, 1.807) is 13.1 Å². The summed E-state index contributed by atoms with van der Waals surface area (Å²) >= 11 is 0. The summed E-state index contributed by atoms with van der Waals surface area (Å²) < 4.78 is 0. The van der Waals surface area contributed by atoms with Crippen molar-refractivity contribution in [3.05, 3.63) is 42.1 Å². The Labute approximate surface area is 76.9 Å². The molecule has 0 saturated carbocycles. The molecule has 1 N–H and O–H groups in total. The van der Waals surface area contributed by atoms with Gasteiger partial charge in [0, 0.05) is 11.6 Å². The van der Waals surface area contributed by atoms with Crippen molar-refractivity contribution >= 4 is 10.9 Å². The highest BCUT2D eigenvalue weighted by molar-refractivity contribution is 5.78. The predicted molar refractivity (Wildman–Crippen MR) is 52.4 cm³/mol. The molecule has 1 heterocycles. The van der Waals surface area contributed by atoms with Crippen LogP contribution in [0.25, 0.3) is 10.9 Å². The van der Waals surface area contributed by atoms with Crippen LogP contribution in [0.1, 0.15) is 18.6 Å². The van der Waals surface area contributed by atoms with Gasteiger partial charge in [0.05, 0.1) is 11.6 Å². The van der Waals surface area contributed by atoms with Crippen molar-refractivity contribution in [2.75, 3.05) is 0 Å². The molecular weight excluding hydrogens is 162 g/mol. The summed E-state index contributed by atoms with van der Waals surface area (Å²) in [6.07, 6.45) is 1.33. The Kier molecular flexibility index (Phi) is 1.99. The number of aliphatic hydroxyl groups excluding tert-OH is 1. The number of fused-ring (bicyclic) bond motifs is 1. The fourth-order valence-corrected chi connectivity index (χ4v) is 1.34. The zero-order chi connectivity index (χ0) is 9.26. The van der Waals surface area contributed by atoms with E-state index in [2.05, 4.69) is 4.98 Å². The zero-order valence-electron chi connectivity index (χ0n) is 7.44. The van der Waals surface area contributed by atoms with Gasteiger partial charge in [-0.3, -0.25) is 4.98 Å². The van der Waals surface area contributed by atoms with Gasteiger partial charge in [-0.2, -0.15) is 0 Å². The van der Waals surface area contributed by atoms with Gasteiger partial charge >= 0.3 is 0 Å². The summed E-state index contributed by atoms with van der Waals surface area (Å²) in [4.78, 5) is 4.21. The van der Waals surface area contributed by atoms with Crippen molar-refractivity contribution in [1.82, 2.24) is 4.98 Å². The Morgan fingerprint density at radius 3 is 2.92 bits per heavy atom. The number of aliphatic hydroxyl groups is 1. The molecular formula is C11H11NO. The minimum Gasteiger partial charge on any atom is -0.389 e. The van der Waals surface area contributed by atoms with Gasteiger partial charge in [-0.05, 0) is 24.6 Å². The lowest BCUT2D eigenvalue weighted by molar-refractivity contribution is 0.199. The molecule has 13 heavy (non-hydrogen) atoms. The largest absolute Gasteiger partial charge is 0.389 e. The molecule has 0 aliphatic rings. The number of hydrogen-bond acceptors (Lipinski definition) is 2. The van der Waals surface area contributed by atoms with Crippen molar-refractivity contribution in [3.63, 3.8) is 0 Å². The van der Waals surface area contributed by atoms with Crippen molar-refractivity contribution in [3.8, 4) is 0 Å². The van der Waals surface area contributed by atoms with Gasteiger partial charge in [0.15, 0.2) is 0 Å². The van der Waals surface area contributed by atoms with Crippen LogP contribution < -0.4 is 0 Å². The first kappa shape index (κ1) is 8.20. The van der Waals surface area contributed by atoms with E-state index in [0.717, 1.165) is 16.5 Å². The first-order valence-corrected chi connectivity index (χ1v) is 4.30. The molecule has 0 bridgehead atoms. The first-order chi connectivity index (χ1) is 6.27. The molecule has 0 spiro atoms. The van der Waals surface area contributed by atoms with E-state index >= 15 is 0 Å². The highest BCUT2D eigenvalue weighted by Gasteiger charge is 2.01. The molecule has 1 aromatic carbocycles. The molecule has 0 amide bonds. The number of hydrogen-bond donors (Lipinski definition) is 1. The fraction of sp³-hybridized carbons (Fsp3) is 0.182. The molecule has 0 unspecified atom stereocenters. The summed E-state index contributed by atoms with van der Waals surface area (Å²) in [7, 11) is 0. The van der Waals surface area contributed by atoms with E-state index in [4.69, 9.17) is 0 Å². The van der Waals surface area contributed by atoms with Crippen LogP contribution in [0.4, 0.5) is 0 Å². The quantitative estimate of drug-likeness (QED) is 0.717. The van der Waals surface area contributed by atoms with Gasteiger partial charge in [0.1, 0.15) is 0 Å². The molecule has 2 rings (SSSR count). The average molecular weight is 173 g/mol. The van der Waals surface area contributed by atoms with E-state index < -0.39 is 6.10 Å². The smallest absolute Gasteiger partial charge is 0.0762 e. The molecule has 1 atom stereocenters. The highest BCUT2D eigenvalue weighted by atomic mass is 16.3. The van der Waals surface area contributed by atoms with Crippen LogP contribution in [-0.4, -0.2) is 10.1 Å². The second kappa shape index (κ2) is 3.15. The van der Waals surface area contributed by atoms with E-state index in [1.807, 2.05) is 30.3 Å². The number of nitrogens with zero attached hydrogens (tertiary/aromatic N) is 1. The summed E-state index contributed by atoms with van der Waals surface area (Å²) in [5, 5.41) is 10.5. The van der Waals surface area contributed by atoms with Crippen molar-refractivity contribution in [1.29, 1.82) is 0 Å². The molecule has 2 aromatic rings. The van der Waals surface area contributed by atoms with Crippen LogP contribution in [0.3, 0.4) is 0 Å². The third-order valence-electron chi connectivity index (χ3n) is 2.11. The van der Waals surface area contributed by atoms with Crippen LogP contribution in [0, 0.1) is 0 Å². The van der Waals surface area contributed by atoms with Crippen molar-refractivity contribution < 1.29 is 5.11 Å². The lowest BCUT2D eigenvalue weighted by Crippen LogP contribution is -1.90. The normalized spacial score (nSPS) is 13.1. The van der Waals surface area contributed by atoms with Crippen LogP contribution in [0.2, 0.25) is 0 Å². The van der Waals surface area contributed by atoms with Crippen LogP contribution in [0.5, 0.6) is 0 Å². The lowest BCUT2D eigenvalue weighted by Gasteiger charge is -2.04. The molecule has 0 fully saturated rings. The molecule has 2 nitrogen and oxygen atoms in total. The van der Waals surface area contributed by atoms with Crippen molar-refractivity contribution in [2.45, 2.75) is 13.0 Å². The van der Waals surface area contributed by atoms with E-state index in [1.165, 1.54) is 0 Å². The topological polar surface area (TPSA) is 33.1 Å². The summed E-state index contributed by atoms with van der Waals surface area (Å²) in [5.41, 5.74) is 1.84. The van der Waals surface area contributed by atoms with Gasteiger partial charge in [0.25, 0.3) is 0 Å². The standard InChI is InChI=1S/C11H11NO/c1-8(13)10-5-4-9-3-2-6-12-11(9)7-10/h2-8,13H,1H3/t8-/m1/s1. The minimum absolute atomic E-state index is 0.425. The van der Waals surface area contributed by atoms with Crippen molar-refractivity contribution in [2.24, 2.45) is 0 Å². The summed E-state index contributed by atoms with van der Waals surface area (Å²) in [6, 6.07) is 9.73. The number of benzene rings is 1. The molecule has 2 heteroatoms. The summed E-state index contributed by atoms with van der Waals surface area (Å²) in [5.74, 6) is 0. The Hall–Kier alpha value is -1.41. The van der Waals surface area contributed by atoms with Crippen LogP contribution in [-0.2, 0) is 0 Å². The predicted octanol–water partition coefficient (Wildman–Crippen LogP) is 2.29. The Balaban J connectivity index is 2.62. The Morgan fingerprint density at radius 2 is 2.15 bits per heavy atom. The molecule has 66 valence electrons. The molecule has 0 aliphatic carbocycles. The van der Waals surface area contributed by atoms with Crippen LogP contribution in [0.15, 0.2) is 36.5 Å². The maximum atomic E-state index is 9.36. The maximum absolute atomic E-state index is 9.36. The Morgan fingerprint density at radius 1 is 1.31 bits per heavy atom. The fourth-order valence-electron chi connectivity index (χ4n) is 1.34. The first-order valence-electron chi connectivity index (χ1n) is 4.30. The monoisotopic (exact) mass is 173 g/mol. The molecule has 0 saturated heterocycles. The molecule has 0 aliphatic heterocycles. The third kappa shape index (κ3) is 1.53.